The van der Waals surface area contributed by atoms with Gasteiger partial charge in [-0.05, 0) is 52.3 Å². The van der Waals surface area contributed by atoms with Gasteiger partial charge in [-0.1, -0.05) is 41.6 Å². The van der Waals surface area contributed by atoms with Gasteiger partial charge in [0.05, 0.1) is 16.4 Å². The van der Waals surface area contributed by atoms with E-state index in [1.165, 1.54) is 11.8 Å². The predicted octanol–water partition coefficient (Wildman–Crippen LogP) is 6.29. The zero-order chi connectivity index (χ0) is 16.1. The minimum atomic E-state index is 0.664. The topological polar surface area (TPSA) is 37.5 Å². The van der Waals surface area contributed by atoms with Crippen molar-refractivity contribution in [3.8, 4) is 0 Å². The van der Waals surface area contributed by atoms with E-state index in [2.05, 4.69) is 26.5 Å². The number of anilines is 1. The largest absolute Gasteiger partial charge is 0.447 e. The number of hydrazone groups is 1. The predicted molar refractivity (Wildman–Crippen MR) is 99.6 cm³/mol. The summed E-state index contributed by atoms with van der Waals surface area (Å²) in [5.41, 5.74) is 3.87. The van der Waals surface area contributed by atoms with Crippen LogP contribution >= 0.6 is 39.3 Å². The van der Waals surface area contributed by atoms with Crippen molar-refractivity contribution in [2.24, 2.45) is 5.10 Å². The first-order valence-corrected chi connectivity index (χ1v) is 8.76. The average molecular weight is 408 g/mol. The molecule has 3 nitrogen and oxygen atoms in total. The summed E-state index contributed by atoms with van der Waals surface area (Å²) in [6, 6.07) is 19.2. The van der Waals surface area contributed by atoms with Gasteiger partial charge < -0.3 is 4.42 Å². The number of halogens is 2. The first-order chi connectivity index (χ1) is 11.2. The van der Waals surface area contributed by atoms with Gasteiger partial charge in [0.2, 0.25) is 0 Å². The molecule has 0 spiro atoms. The molecule has 3 rings (SSSR count). The van der Waals surface area contributed by atoms with Gasteiger partial charge >= 0.3 is 0 Å². The molecule has 1 N–H and O–H groups in total. The average Bonchev–Trinajstić information content (AvgIpc) is 2.90. The van der Waals surface area contributed by atoms with Crippen LogP contribution in [0.15, 0.2) is 84.6 Å². The second kappa shape index (κ2) is 7.73. The highest BCUT2D eigenvalue weighted by molar-refractivity contribution is 9.10. The zero-order valence-corrected chi connectivity index (χ0v) is 15.0. The van der Waals surface area contributed by atoms with Crippen LogP contribution in [0.2, 0.25) is 5.02 Å². The van der Waals surface area contributed by atoms with E-state index in [4.69, 9.17) is 16.0 Å². The van der Waals surface area contributed by atoms with Gasteiger partial charge in [-0.25, -0.2) is 0 Å². The Bertz CT molecular complexity index is 803. The Morgan fingerprint density at radius 3 is 2.57 bits per heavy atom. The molecule has 0 aliphatic rings. The zero-order valence-electron chi connectivity index (χ0n) is 11.9. The lowest BCUT2D eigenvalue weighted by molar-refractivity contribution is 0.466. The van der Waals surface area contributed by atoms with Crippen molar-refractivity contribution in [1.29, 1.82) is 0 Å². The van der Waals surface area contributed by atoms with Crippen molar-refractivity contribution in [1.82, 2.24) is 0 Å². The van der Waals surface area contributed by atoms with Crippen molar-refractivity contribution in [2.75, 3.05) is 5.43 Å². The molecule has 0 saturated carbocycles. The van der Waals surface area contributed by atoms with Crippen LogP contribution in [-0.2, 0) is 0 Å². The monoisotopic (exact) mass is 406 g/mol. The van der Waals surface area contributed by atoms with Gasteiger partial charge in [-0.15, -0.1) is 0 Å². The van der Waals surface area contributed by atoms with Crippen LogP contribution in [0.1, 0.15) is 5.76 Å². The van der Waals surface area contributed by atoms with E-state index < -0.39 is 0 Å². The molecule has 0 bridgehead atoms. The molecular formula is C17H12BrClN2OS. The van der Waals surface area contributed by atoms with Crippen LogP contribution in [-0.4, -0.2) is 6.21 Å². The van der Waals surface area contributed by atoms with Gasteiger partial charge in [-0.2, -0.15) is 5.10 Å². The standard InChI is InChI=1S/C17H12BrClN2OS/c18-16-10-14(11-20-21-13-4-2-1-3-5-13)22-17(16)23-15-8-6-12(19)7-9-15/h1-11,21H/b20-11-. The summed E-state index contributed by atoms with van der Waals surface area (Å²) in [5, 5.41) is 5.66. The van der Waals surface area contributed by atoms with Crippen LogP contribution < -0.4 is 5.43 Å². The third-order valence-electron chi connectivity index (χ3n) is 2.86. The maximum Gasteiger partial charge on any atom is 0.180 e. The molecule has 0 unspecified atom stereocenters. The molecular weight excluding hydrogens is 396 g/mol. The lowest BCUT2D eigenvalue weighted by Gasteiger charge is -1.99. The van der Waals surface area contributed by atoms with Crippen LogP contribution in [0, 0.1) is 0 Å². The third-order valence-corrected chi connectivity index (χ3v) is 4.96. The summed E-state index contributed by atoms with van der Waals surface area (Å²) in [5.74, 6) is 0.664. The molecule has 0 radical (unpaired) electrons. The maximum atomic E-state index is 5.89. The molecule has 116 valence electrons. The summed E-state index contributed by atoms with van der Waals surface area (Å²) in [4.78, 5) is 1.05. The Kier molecular flexibility index (Phi) is 5.43. The first-order valence-electron chi connectivity index (χ1n) is 6.77. The highest BCUT2D eigenvalue weighted by Crippen LogP contribution is 2.35. The van der Waals surface area contributed by atoms with Crippen LogP contribution in [0.4, 0.5) is 5.69 Å². The molecule has 3 aromatic rings. The Morgan fingerprint density at radius 2 is 1.83 bits per heavy atom. The normalized spacial score (nSPS) is 11.0. The molecule has 6 heteroatoms. The van der Waals surface area contributed by atoms with E-state index in [1.54, 1.807) is 6.21 Å². The first kappa shape index (κ1) is 16.2. The maximum absolute atomic E-state index is 5.89. The summed E-state index contributed by atoms with van der Waals surface area (Å²) in [6.07, 6.45) is 1.64. The molecule has 0 atom stereocenters. The van der Waals surface area contributed by atoms with E-state index in [9.17, 15) is 0 Å². The van der Waals surface area contributed by atoms with Crippen LogP contribution in [0.3, 0.4) is 0 Å². The molecule has 0 saturated heterocycles. The third kappa shape index (κ3) is 4.64. The highest BCUT2D eigenvalue weighted by Gasteiger charge is 2.09. The smallest absolute Gasteiger partial charge is 0.180 e. The summed E-state index contributed by atoms with van der Waals surface area (Å²) in [6.45, 7) is 0. The van der Waals surface area contributed by atoms with Gasteiger partial charge in [0.15, 0.2) is 5.09 Å². The van der Waals surface area contributed by atoms with Crippen LogP contribution in [0.5, 0.6) is 0 Å². The Hall–Kier alpha value is -1.69. The fraction of sp³-hybridized carbons (Fsp3) is 0. The Labute approximate surface area is 151 Å². The summed E-state index contributed by atoms with van der Waals surface area (Å²) in [7, 11) is 0. The lowest BCUT2D eigenvalue weighted by Crippen LogP contribution is -1.88. The van der Waals surface area contributed by atoms with Crippen molar-refractivity contribution in [3.63, 3.8) is 0 Å². The van der Waals surface area contributed by atoms with Gasteiger partial charge in [0, 0.05) is 16.0 Å². The fourth-order valence-electron chi connectivity index (χ4n) is 1.80. The molecule has 0 aliphatic heterocycles. The van der Waals surface area contributed by atoms with Crippen molar-refractivity contribution in [2.45, 2.75) is 9.99 Å². The van der Waals surface area contributed by atoms with Gasteiger partial charge in [-0.3, -0.25) is 5.43 Å². The second-order valence-corrected chi connectivity index (χ2v) is 6.91. The number of nitrogens with one attached hydrogen (secondary N) is 1. The number of hydrogen-bond donors (Lipinski definition) is 1. The van der Waals surface area contributed by atoms with E-state index >= 15 is 0 Å². The molecule has 23 heavy (non-hydrogen) atoms. The lowest BCUT2D eigenvalue weighted by atomic mass is 10.3. The van der Waals surface area contributed by atoms with Crippen molar-refractivity contribution in [3.05, 3.63) is 75.9 Å². The molecule has 2 aromatic carbocycles. The van der Waals surface area contributed by atoms with E-state index in [0.717, 1.165) is 20.1 Å². The van der Waals surface area contributed by atoms with Crippen molar-refractivity contribution >= 4 is 51.2 Å². The van der Waals surface area contributed by atoms with Crippen LogP contribution in [0.25, 0.3) is 0 Å². The molecule has 0 amide bonds. The van der Waals surface area contributed by atoms with Crippen molar-refractivity contribution < 1.29 is 4.42 Å². The molecule has 0 aliphatic carbocycles. The highest BCUT2D eigenvalue weighted by atomic mass is 79.9. The number of rotatable bonds is 5. The summed E-state index contributed by atoms with van der Waals surface area (Å²) < 4.78 is 6.67. The Balaban J connectivity index is 1.67. The minimum absolute atomic E-state index is 0.664. The molecule has 1 heterocycles. The minimum Gasteiger partial charge on any atom is -0.447 e. The second-order valence-electron chi connectivity index (χ2n) is 4.58. The SMILES string of the molecule is Clc1ccc(Sc2oc(/C=N\Nc3ccccc3)cc2Br)cc1. The fourth-order valence-corrected chi connectivity index (χ4v) is 3.25. The quantitative estimate of drug-likeness (QED) is 0.399. The molecule has 0 fully saturated rings. The van der Waals surface area contributed by atoms with E-state index in [0.29, 0.717) is 10.8 Å². The van der Waals surface area contributed by atoms with Gasteiger partial charge in [0.1, 0.15) is 5.76 Å². The number of benzene rings is 2. The number of nitrogens with zero attached hydrogens (tertiary/aromatic N) is 1. The van der Waals surface area contributed by atoms with E-state index in [1.807, 2.05) is 60.7 Å². The van der Waals surface area contributed by atoms with E-state index in [-0.39, 0.29) is 0 Å². The number of furan rings is 1. The number of para-hydroxylation sites is 1. The summed E-state index contributed by atoms with van der Waals surface area (Å²) >= 11 is 10.9. The van der Waals surface area contributed by atoms with Gasteiger partial charge in [0.25, 0.3) is 0 Å². The Morgan fingerprint density at radius 1 is 1.09 bits per heavy atom. The molecule has 1 aromatic heterocycles. The number of hydrogen-bond acceptors (Lipinski definition) is 4.